The van der Waals surface area contributed by atoms with Gasteiger partial charge in [-0.05, 0) is 17.7 Å². The van der Waals surface area contributed by atoms with Gasteiger partial charge in [0.25, 0.3) is 5.91 Å². The first-order valence-corrected chi connectivity index (χ1v) is 10.1. The number of methoxy groups -OCH3 is 1. The number of aromatic nitrogens is 2. The smallest absolute Gasteiger partial charge is 0.408 e. The Balaban J connectivity index is 1.63. The Hall–Kier alpha value is -4.74. The second-order valence-corrected chi connectivity index (χ2v) is 6.96. The SMILES string of the molecule is COc1ccc(/C=N\NC(=O)[C@@H](Cc2cnc[nH]2)NC(=O)OCc2ccccc2)cc1[N+](=O)[O-]. The maximum atomic E-state index is 12.7. The van der Waals surface area contributed by atoms with E-state index >= 15 is 0 Å². The number of hydrogen-bond acceptors (Lipinski definition) is 8. The molecule has 0 saturated carbocycles. The van der Waals surface area contributed by atoms with E-state index in [1.54, 1.807) is 18.2 Å². The quantitative estimate of drug-likeness (QED) is 0.235. The van der Waals surface area contributed by atoms with Crippen LogP contribution in [0.25, 0.3) is 0 Å². The lowest BCUT2D eigenvalue weighted by Gasteiger charge is -2.16. The third-order valence-corrected chi connectivity index (χ3v) is 4.59. The van der Waals surface area contributed by atoms with Crippen LogP contribution in [0.1, 0.15) is 16.8 Å². The van der Waals surface area contributed by atoms with E-state index in [-0.39, 0.29) is 24.5 Å². The zero-order chi connectivity index (χ0) is 24.3. The highest BCUT2D eigenvalue weighted by atomic mass is 16.6. The minimum Gasteiger partial charge on any atom is -0.490 e. The van der Waals surface area contributed by atoms with Crippen molar-refractivity contribution in [2.75, 3.05) is 7.11 Å². The van der Waals surface area contributed by atoms with E-state index in [2.05, 4.69) is 25.8 Å². The van der Waals surface area contributed by atoms with Crippen LogP contribution in [0.3, 0.4) is 0 Å². The summed E-state index contributed by atoms with van der Waals surface area (Å²) in [6.07, 6.45) is 3.54. The average Bonchev–Trinajstić information content (AvgIpc) is 3.36. The fraction of sp³-hybridized carbons (Fsp3) is 0.182. The number of nitro groups is 1. The van der Waals surface area contributed by atoms with E-state index in [0.717, 1.165) is 5.56 Å². The number of imidazole rings is 1. The van der Waals surface area contributed by atoms with E-state index in [9.17, 15) is 19.7 Å². The molecule has 0 fully saturated rings. The molecule has 0 spiro atoms. The Morgan fingerprint density at radius 1 is 1.26 bits per heavy atom. The normalized spacial score (nSPS) is 11.6. The number of nitrogens with zero attached hydrogens (tertiary/aromatic N) is 3. The highest BCUT2D eigenvalue weighted by Gasteiger charge is 2.22. The number of ether oxygens (including phenoxy) is 2. The molecule has 3 rings (SSSR count). The topological polar surface area (TPSA) is 161 Å². The number of rotatable bonds is 10. The molecule has 2 amide bonds. The lowest BCUT2D eigenvalue weighted by atomic mass is 10.1. The Morgan fingerprint density at radius 3 is 2.74 bits per heavy atom. The van der Waals surface area contributed by atoms with Gasteiger partial charge < -0.3 is 19.8 Å². The lowest BCUT2D eigenvalue weighted by molar-refractivity contribution is -0.385. The number of aromatic amines is 1. The van der Waals surface area contributed by atoms with E-state index < -0.39 is 23.0 Å². The summed E-state index contributed by atoms with van der Waals surface area (Å²) >= 11 is 0. The largest absolute Gasteiger partial charge is 0.490 e. The standard InChI is InChI=1S/C22H22N6O6/c1-33-20-8-7-16(9-19(20)28(31)32)11-25-27-21(29)18(10-17-12-23-14-24-17)26-22(30)34-13-15-5-3-2-4-6-15/h2-9,11-12,14,18H,10,13H2,1H3,(H,23,24)(H,26,30)(H,27,29)/b25-11-/t18-/m1/s1. The van der Waals surface area contributed by atoms with Crippen LogP contribution >= 0.6 is 0 Å². The lowest BCUT2D eigenvalue weighted by Crippen LogP contribution is -2.47. The Bertz CT molecular complexity index is 1150. The number of H-pyrrole nitrogens is 1. The molecule has 0 aliphatic carbocycles. The number of carbonyl (C=O) groups is 2. The molecular formula is C22H22N6O6. The minimum atomic E-state index is -1.02. The number of nitrogens with one attached hydrogen (secondary N) is 3. The maximum Gasteiger partial charge on any atom is 0.408 e. The highest BCUT2D eigenvalue weighted by molar-refractivity contribution is 5.88. The van der Waals surface area contributed by atoms with Crippen molar-refractivity contribution in [3.8, 4) is 5.75 Å². The van der Waals surface area contributed by atoms with Crippen LogP contribution in [0.4, 0.5) is 10.5 Å². The minimum absolute atomic E-state index is 0.0411. The molecule has 0 saturated heterocycles. The van der Waals surface area contributed by atoms with Crippen LogP contribution < -0.4 is 15.5 Å². The van der Waals surface area contributed by atoms with Crippen LogP contribution in [-0.4, -0.2) is 46.3 Å². The van der Waals surface area contributed by atoms with Gasteiger partial charge in [-0.25, -0.2) is 15.2 Å². The fourth-order valence-corrected chi connectivity index (χ4v) is 2.91. The maximum absolute atomic E-state index is 12.7. The molecule has 0 aliphatic heterocycles. The van der Waals surface area contributed by atoms with Gasteiger partial charge >= 0.3 is 11.8 Å². The summed E-state index contributed by atoms with van der Waals surface area (Å²) in [5, 5.41) is 17.5. The zero-order valence-corrected chi connectivity index (χ0v) is 18.1. The first-order valence-electron chi connectivity index (χ1n) is 10.1. The van der Waals surface area contributed by atoms with Crippen molar-refractivity contribution in [1.29, 1.82) is 0 Å². The Labute approximate surface area is 194 Å². The van der Waals surface area contributed by atoms with E-state index in [1.165, 1.54) is 38.0 Å². The zero-order valence-electron chi connectivity index (χ0n) is 18.1. The first kappa shape index (κ1) is 23.9. The van der Waals surface area contributed by atoms with Crippen molar-refractivity contribution in [2.45, 2.75) is 19.1 Å². The molecule has 12 nitrogen and oxygen atoms in total. The van der Waals surface area contributed by atoms with Crippen LogP contribution in [0.15, 0.2) is 66.2 Å². The summed E-state index contributed by atoms with van der Waals surface area (Å²) in [7, 11) is 1.33. The van der Waals surface area contributed by atoms with Crippen LogP contribution in [0.2, 0.25) is 0 Å². The molecule has 1 atom stereocenters. The van der Waals surface area contributed by atoms with Crippen molar-refractivity contribution in [3.63, 3.8) is 0 Å². The molecule has 1 aromatic heterocycles. The molecule has 34 heavy (non-hydrogen) atoms. The molecule has 0 aliphatic rings. The predicted octanol–water partition coefficient (Wildman–Crippen LogP) is 2.31. The van der Waals surface area contributed by atoms with Crippen LogP contribution in [-0.2, 0) is 22.6 Å². The summed E-state index contributed by atoms with van der Waals surface area (Å²) < 4.78 is 10.1. The number of hydrogen-bond donors (Lipinski definition) is 3. The van der Waals surface area contributed by atoms with Gasteiger partial charge in [0.1, 0.15) is 12.6 Å². The monoisotopic (exact) mass is 466 g/mol. The van der Waals surface area contributed by atoms with Gasteiger partial charge in [-0.1, -0.05) is 30.3 Å². The summed E-state index contributed by atoms with van der Waals surface area (Å²) in [5.74, 6) is -0.519. The van der Waals surface area contributed by atoms with E-state index in [0.29, 0.717) is 11.3 Å². The van der Waals surface area contributed by atoms with Gasteiger partial charge in [0, 0.05) is 29.9 Å². The Morgan fingerprint density at radius 2 is 2.06 bits per heavy atom. The highest BCUT2D eigenvalue weighted by Crippen LogP contribution is 2.26. The first-order chi connectivity index (χ1) is 16.5. The van der Waals surface area contributed by atoms with Crippen molar-refractivity contribution in [1.82, 2.24) is 20.7 Å². The second-order valence-electron chi connectivity index (χ2n) is 6.96. The van der Waals surface area contributed by atoms with Gasteiger partial charge in [-0.3, -0.25) is 14.9 Å². The van der Waals surface area contributed by atoms with Crippen LogP contribution in [0, 0.1) is 10.1 Å². The van der Waals surface area contributed by atoms with Gasteiger partial charge in [0.05, 0.1) is 24.6 Å². The third-order valence-electron chi connectivity index (χ3n) is 4.59. The average molecular weight is 466 g/mol. The summed E-state index contributed by atoms with van der Waals surface area (Å²) in [4.78, 5) is 42.3. The van der Waals surface area contributed by atoms with Gasteiger partial charge in [-0.15, -0.1) is 0 Å². The van der Waals surface area contributed by atoms with Crippen molar-refractivity contribution in [3.05, 3.63) is 88.0 Å². The number of carbonyl (C=O) groups excluding carboxylic acids is 2. The Kier molecular flexibility index (Phi) is 8.27. The molecule has 2 aromatic carbocycles. The third kappa shape index (κ3) is 6.88. The molecule has 0 unspecified atom stereocenters. The fourth-order valence-electron chi connectivity index (χ4n) is 2.91. The molecule has 176 valence electrons. The molecule has 3 N–H and O–H groups in total. The van der Waals surface area contributed by atoms with Gasteiger partial charge in [0.15, 0.2) is 5.75 Å². The van der Waals surface area contributed by atoms with Crippen LogP contribution in [0.5, 0.6) is 5.75 Å². The molecule has 12 heteroatoms. The van der Waals surface area contributed by atoms with Crippen molar-refractivity contribution < 1.29 is 24.0 Å². The second kappa shape index (κ2) is 11.8. The predicted molar refractivity (Wildman–Crippen MR) is 121 cm³/mol. The molecule has 3 aromatic rings. The molecular weight excluding hydrogens is 444 g/mol. The summed E-state index contributed by atoms with van der Waals surface area (Å²) in [5.41, 5.74) is 3.86. The van der Waals surface area contributed by atoms with Crippen molar-refractivity contribution in [2.24, 2.45) is 5.10 Å². The summed E-state index contributed by atoms with van der Waals surface area (Å²) in [6.45, 7) is 0.0411. The number of hydrazone groups is 1. The number of alkyl carbamates (subject to hydrolysis) is 1. The summed E-state index contributed by atoms with van der Waals surface area (Å²) in [6, 6.07) is 12.3. The number of amides is 2. The van der Waals surface area contributed by atoms with E-state index in [1.807, 2.05) is 18.2 Å². The molecule has 0 radical (unpaired) electrons. The van der Waals surface area contributed by atoms with Gasteiger partial charge in [-0.2, -0.15) is 5.10 Å². The van der Waals surface area contributed by atoms with Gasteiger partial charge in [0.2, 0.25) is 0 Å². The molecule has 1 heterocycles. The number of nitro benzene ring substituents is 1. The van der Waals surface area contributed by atoms with E-state index in [4.69, 9.17) is 9.47 Å². The molecule has 0 bridgehead atoms. The van der Waals surface area contributed by atoms with Crippen molar-refractivity contribution >= 4 is 23.9 Å². The number of benzene rings is 2.